The Morgan fingerprint density at radius 3 is 2.60 bits per heavy atom. The average Bonchev–Trinajstić information content (AvgIpc) is 1.78. The van der Waals surface area contributed by atoms with Crippen molar-refractivity contribution in [2.75, 3.05) is 6.61 Å². The molecule has 0 fully saturated rings. The van der Waals surface area contributed by atoms with Gasteiger partial charge in [-0.15, -0.1) is 0 Å². The van der Waals surface area contributed by atoms with E-state index in [9.17, 15) is 18.0 Å². The molecular weight excluding hydrogens is 151 g/mol. The average molecular weight is 154 g/mol. The van der Waals surface area contributed by atoms with Crippen molar-refractivity contribution in [2.45, 2.75) is 6.18 Å². The molecule has 0 aromatic heterocycles. The van der Waals surface area contributed by atoms with E-state index >= 15 is 0 Å². The van der Waals surface area contributed by atoms with Crippen molar-refractivity contribution in [3.8, 4) is 0 Å². The number of hydrogen-bond donors (Lipinski definition) is 0. The van der Waals surface area contributed by atoms with Crippen molar-refractivity contribution in [2.24, 2.45) is 5.16 Å². The van der Waals surface area contributed by atoms with Gasteiger partial charge in [0.25, 0.3) is 0 Å². The summed E-state index contributed by atoms with van der Waals surface area (Å²) >= 11 is 0. The lowest BCUT2D eigenvalue weighted by Crippen LogP contribution is -2.08. The second-order valence-corrected chi connectivity index (χ2v) is 1.19. The number of alkyl halides is 3. The van der Waals surface area contributed by atoms with Crippen LogP contribution in [0.4, 0.5) is 13.2 Å². The van der Waals surface area contributed by atoms with Crippen LogP contribution in [0, 0.1) is 0 Å². The highest BCUT2D eigenvalue weighted by atomic mass is 19.4. The van der Waals surface area contributed by atoms with E-state index in [0.29, 0.717) is 0 Å². The van der Waals surface area contributed by atoms with E-state index in [-0.39, 0.29) is 6.21 Å². The van der Waals surface area contributed by atoms with Crippen molar-refractivity contribution in [3.63, 3.8) is 0 Å². The summed E-state index contributed by atoms with van der Waals surface area (Å²) in [6, 6.07) is 0. The van der Waals surface area contributed by atoms with E-state index in [2.05, 4.69) is 9.99 Å². The molecule has 0 aliphatic rings. The number of halogens is 3. The van der Waals surface area contributed by atoms with Crippen molar-refractivity contribution >= 4 is 12.5 Å². The van der Waals surface area contributed by atoms with E-state index < -0.39 is 12.8 Å². The van der Waals surface area contributed by atoms with Gasteiger partial charge in [-0.2, -0.15) is 13.2 Å². The van der Waals surface area contributed by atoms with Gasteiger partial charge in [-0.3, -0.25) is 4.79 Å². The summed E-state index contributed by atoms with van der Waals surface area (Å²) in [4.78, 5) is 13.1. The number of nitrogens with zero attached hydrogens (tertiary/aromatic N) is 1. The number of carbonyl (C=O) groups excluding carboxylic acids is 1. The van der Waals surface area contributed by atoms with E-state index in [1.165, 1.54) is 6.29 Å². The van der Waals surface area contributed by atoms with E-state index in [1.54, 1.807) is 0 Å². The highest BCUT2D eigenvalue weighted by Crippen LogP contribution is 2.10. The van der Waals surface area contributed by atoms with Gasteiger partial charge in [0.2, 0.25) is 6.29 Å². The van der Waals surface area contributed by atoms with Crippen molar-refractivity contribution < 1.29 is 22.8 Å². The summed E-state index contributed by atoms with van der Waals surface area (Å²) in [6.07, 6.45) is -3.65. The molecule has 0 saturated heterocycles. The van der Waals surface area contributed by atoms with Gasteiger partial charge in [0.1, 0.15) is 6.21 Å². The zero-order valence-corrected chi connectivity index (χ0v) is 4.68. The molecule has 0 unspecified atom stereocenters. The largest absolute Gasteiger partial charge is 0.429 e. The third kappa shape index (κ3) is 6.93. The van der Waals surface area contributed by atoms with Gasteiger partial charge in [-0.05, 0) is 0 Å². The minimum Gasteiger partial charge on any atom is -0.387 e. The molecule has 0 aliphatic carbocycles. The van der Waals surface area contributed by atoms with Gasteiger partial charge < -0.3 is 4.84 Å². The molecule has 6 heteroatoms. The van der Waals surface area contributed by atoms with Crippen LogP contribution < -0.4 is 0 Å². The standard InChI is InChI=1S/C4H3F3NO2/c5-4(6,7)3-8-10-2-1-9/h3H,2H2/b8-3+. The quantitative estimate of drug-likeness (QED) is 0.340. The minimum absolute atomic E-state index is 0.357. The molecule has 0 saturated carbocycles. The molecule has 10 heavy (non-hydrogen) atoms. The number of rotatable bonds is 3. The topological polar surface area (TPSA) is 38.7 Å². The molecule has 3 nitrogen and oxygen atoms in total. The van der Waals surface area contributed by atoms with E-state index in [1.807, 2.05) is 0 Å². The van der Waals surface area contributed by atoms with Crippen LogP contribution in [-0.4, -0.2) is 25.3 Å². The summed E-state index contributed by atoms with van der Waals surface area (Å²) in [6.45, 7) is -0.591. The lowest BCUT2D eigenvalue weighted by molar-refractivity contribution is -0.0562. The zero-order valence-electron chi connectivity index (χ0n) is 4.68. The fourth-order valence-corrected chi connectivity index (χ4v) is 0.161. The number of hydrogen-bond acceptors (Lipinski definition) is 3. The van der Waals surface area contributed by atoms with Crippen LogP contribution >= 0.6 is 0 Å². The zero-order chi connectivity index (χ0) is 8.04. The van der Waals surface area contributed by atoms with Gasteiger partial charge in [-0.25, -0.2) is 0 Å². The first-order valence-electron chi connectivity index (χ1n) is 2.14. The Hall–Kier alpha value is -1.07. The summed E-state index contributed by atoms with van der Waals surface area (Å²) in [5.74, 6) is 0. The predicted octanol–water partition coefficient (Wildman–Crippen LogP) is 0.661. The smallest absolute Gasteiger partial charge is 0.387 e. The van der Waals surface area contributed by atoms with Crippen molar-refractivity contribution in [1.29, 1.82) is 0 Å². The number of oxime groups is 1. The Morgan fingerprint density at radius 2 is 2.20 bits per heavy atom. The highest BCUT2D eigenvalue weighted by Gasteiger charge is 2.24. The third-order valence-electron chi connectivity index (χ3n) is 0.397. The molecule has 0 bridgehead atoms. The molecule has 1 radical (unpaired) electrons. The lowest BCUT2D eigenvalue weighted by Gasteiger charge is -1.94. The molecule has 0 N–H and O–H groups in total. The summed E-state index contributed by atoms with van der Waals surface area (Å²) in [5, 5.41) is 2.42. The molecule has 0 aliphatic heterocycles. The normalized spacial score (nSPS) is 11.9. The van der Waals surface area contributed by atoms with E-state index in [0.717, 1.165) is 0 Å². The van der Waals surface area contributed by atoms with Gasteiger partial charge in [0, 0.05) is 0 Å². The SMILES string of the molecule is O=[C]CO/N=C/C(F)(F)F. The summed E-state index contributed by atoms with van der Waals surface area (Å²) in [7, 11) is 0. The molecule has 0 aromatic carbocycles. The summed E-state index contributed by atoms with van der Waals surface area (Å²) in [5.41, 5.74) is 0. The third-order valence-corrected chi connectivity index (χ3v) is 0.397. The predicted molar refractivity (Wildman–Crippen MR) is 26.2 cm³/mol. The van der Waals surface area contributed by atoms with Gasteiger partial charge in [-0.1, -0.05) is 5.16 Å². The second kappa shape index (κ2) is 3.86. The van der Waals surface area contributed by atoms with Crippen LogP contribution in [0.5, 0.6) is 0 Å². The Balaban J connectivity index is 3.46. The molecular formula is C4H3F3NO2. The second-order valence-electron chi connectivity index (χ2n) is 1.19. The molecule has 57 valence electrons. The first-order valence-corrected chi connectivity index (χ1v) is 2.14. The fraction of sp³-hybridized carbons (Fsp3) is 0.500. The molecule has 0 spiro atoms. The molecule has 0 aromatic rings. The summed E-state index contributed by atoms with van der Waals surface area (Å²) < 4.78 is 33.5. The van der Waals surface area contributed by atoms with Crippen molar-refractivity contribution in [1.82, 2.24) is 0 Å². The van der Waals surface area contributed by atoms with Crippen LogP contribution in [0.25, 0.3) is 0 Å². The fourth-order valence-electron chi connectivity index (χ4n) is 0.161. The lowest BCUT2D eigenvalue weighted by atomic mass is 10.7. The van der Waals surface area contributed by atoms with Gasteiger partial charge >= 0.3 is 6.18 Å². The maximum Gasteiger partial charge on any atom is 0.429 e. The maximum atomic E-state index is 11.2. The molecule has 0 atom stereocenters. The van der Waals surface area contributed by atoms with Crippen LogP contribution in [0.2, 0.25) is 0 Å². The Morgan fingerprint density at radius 1 is 1.60 bits per heavy atom. The Labute approximate surface area is 54.5 Å². The Kier molecular flexibility index (Phi) is 3.45. The molecule has 0 rings (SSSR count). The van der Waals surface area contributed by atoms with Crippen LogP contribution in [0.3, 0.4) is 0 Å². The maximum absolute atomic E-state index is 11.2. The van der Waals surface area contributed by atoms with Crippen LogP contribution in [0.15, 0.2) is 5.16 Å². The monoisotopic (exact) mass is 154 g/mol. The highest BCUT2D eigenvalue weighted by molar-refractivity contribution is 5.63. The van der Waals surface area contributed by atoms with Gasteiger partial charge in [0.05, 0.1) is 0 Å². The van der Waals surface area contributed by atoms with E-state index in [4.69, 9.17) is 0 Å². The first kappa shape index (κ1) is 8.93. The van der Waals surface area contributed by atoms with Crippen molar-refractivity contribution in [3.05, 3.63) is 0 Å². The minimum atomic E-state index is -4.50. The van der Waals surface area contributed by atoms with Crippen LogP contribution in [0.1, 0.15) is 0 Å². The molecule has 0 heterocycles. The van der Waals surface area contributed by atoms with Crippen LogP contribution in [-0.2, 0) is 9.63 Å². The molecule has 0 amide bonds. The van der Waals surface area contributed by atoms with Gasteiger partial charge in [0.15, 0.2) is 6.61 Å². The first-order chi connectivity index (χ1) is 4.56. The Bertz CT molecular complexity index is 131.